The highest BCUT2D eigenvalue weighted by Gasteiger charge is 2.18. The number of benzene rings is 1. The molecule has 0 atom stereocenters. The van der Waals surface area contributed by atoms with E-state index < -0.39 is 0 Å². The molecule has 170 valence electrons. The number of carbonyl (C=O) groups is 1. The summed E-state index contributed by atoms with van der Waals surface area (Å²) >= 11 is 0. The quantitative estimate of drug-likeness (QED) is 0.626. The maximum absolute atomic E-state index is 12.4. The number of amides is 1. The zero-order valence-electron chi connectivity index (χ0n) is 19.9. The third kappa shape index (κ3) is 6.94. The summed E-state index contributed by atoms with van der Waals surface area (Å²) in [5.74, 6) is 1.10. The van der Waals surface area contributed by atoms with E-state index in [1.165, 1.54) is 24.0 Å². The topological polar surface area (TPSA) is 48.7 Å². The van der Waals surface area contributed by atoms with Gasteiger partial charge in [-0.1, -0.05) is 45.0 Å². The predicted octanol–water partition coefficient (Wildman–Crippen LogP) is 4.81. The van der Waals surface area contributed by atoms with Gasteiger partial charge in [0.15, 0.2) is 5.76 Å². The van der Waals surface area contributed by atoms with Gasteiger partial charge in [0, 0.05) is 25.7 Å². The van der Waals surface area contributed by atoms with Gasteiger partial charge in [-0.3, -0.25) is 9.69 Å². The van der Waals surface area contributed by atoms with E-state index in [-0.39, 0.29) is 11.3 Å². The van der Waals surface area contributed by atoms with Gasteiger partial charge in [0.1, 0.15) is 5.76 Å². The van der Waals surface area contributed by atoms with Crippen molar-refractivity contribution in [3.8, 4) is 0 Å². The average Bonchev–Trinajstić information content (AvgIpc) is 3.39. The zero-order valence-corrected chi connectivity index (χ0v) is 19.9. The van der Waals surface area contributed by atoms with Crippen molar-refractivity contribution in [2.75, 3.05) is 26.2 Å². The third-order valence-electron chi connectivity index (χ3n) is 6.09. The maximum Gasteiger partial charge on any atom is 0.287 e. The van der Waals surface area contributed by atoms with Crippen LogP contribution in [0.15, 0.2) is 40.8 Å². The highest BCUT2D eigenvalue weighted by atomic mass is 16.4. The Morgan fingerprint density at radius 1 is 1.06 bits per heavy atom. The fraction of sp³-hybridized carbons (Fsp3) is 0.577. The van der Waals surface area contributed by atoms with Crippen molar-refractivity contribution in [1.29, 1.82) is 0 Å². The second kappa shape index (κ2) is 10.5. The standard InChI is InChI=1S/C26H39N3O2/c1-20(2)29(18-21-8-10-22(11-9-21)26(3,4)5)19-23-12-13-24(31-23)25(30)27-14-17-28-15-6-7-16-28/h8-13,20H,6-7,14-19H2,1-5H3,(H,27,30). The van der Waals surface area contributed by atoms with Crippen LogP contribution in [0.1, 0.15) is 74.9 Å². The number of furan rings is 1. The van der Waals surface area contributed by atoms with Crippen LogP contribution < -0.4 is 5.32 Å². The first kappa shape index (κ1) is 23.6. The number of nitrogens with one attached hydrogen (secondary N) is 1. The maximum atomic E-state index is 12.4. The minimum absolute atomic E-state index is 0.126. The number of rotatable bonds is 9. The Hall–Kier alpha value is -2.11. The monoisotopic (exact) mass is 425 g/mol. The molecular formula is C26H39N3O2. The fourth-order valence-corrected chi connectivity index (χ4v) is 3.97. The van der Waals surface area contributed by atoms with Gasteiger partial charge in [0.05, 0.1) is 6.54 Å². The van der Waals surface area contributed by atoms with Crippen molar-refractivity contribution in [2.45, 2.75) is 72.0 Å². The van der Waals surface area contributed by atoms with Gasteiger partial charge in [-0.05, 0) is 68.5 Å². The lowest BCUT2D eigenvalue weighted by Crippen LogP contribution is -2.33. The molecule has 0 aliphatic carbocycles. The molecule has 1 aromatic carbocycles. The lowest BCUT2D eigenvalue weighted by Gasteiger charge is -2.26. The summed E-state index contributed by atoms with van der Waals surface area (Å²) in [5, 5.41) is 2.98. The van der Waals surface area contributed by atoms with Crippen LogP contribution in [0.4, 0.5) is 0 Å². The normalized spacial score (nSPS) is 15.2. The molecule has 0 bridgehead atoms. The summed E-state index contributed by atoms with van der Waals surface area (Å²) in [6, 6.07) is 13.0. The van der Waals surface area contributed by atoms with Crippen LogP contribution in [0.25, 0.3) is 0 Å². The lowest BCUT2D eigenvalue weighted by atomic mass is 9.87. The molecular weight excluding hydrogens is 386 g/mol. The second-order valence-corrected chi connectivity index (χ2v) is 10.0. The van der Waals surface area contributed by atoms with E-state index in [1.807, 2.05) is 6.07 Å². The molecule has 0 saturated carbocycles. The van der Waals surface area contributed by atoms with Gasteiger partial charge in [0.2, 0.25) is 0 Å². The van der Waals surface area contributed by atoms with Gasteiger partial charge in [-0.2, -0.15) is 0 Å². The Balaban J connectivity index is 1.54. The van der Waals surface area contributed by atoms with Gasteiger partial charge < -0.3 is 14.6 Å². The van der Waals surface area contributed by atoms with Crippen molar-refractivity contribution in [1.82, 2.24) is 15.1 Å². The van der Waals surface area contributed by atoms with E-state index in [2.05, 4.69) is 74.0 Å². The average molecular weight is 426 g/mol. The van der Waals surface area contributed by atoms with Gasteiger partial charge in [0.25, 0.3) is 5.91 Å². The molecule has 1 aliphatic rings. The summed E-state index contributed by atoms with van der Waals surface area (Å²) in [4.78, 5) is 17.2. The van der Waals surface area contributed by atoms with Crippen LogP contribution in [0.3, 0.4) is 0 Å². The van der Waals surface area contributed by atoms with Gasteiger partial charge >= 0.3 is 0 Å². The highest BCUT2D eigenvalue weighted by molar-refractivity contribution is 5.91. The summed E-state index contributed by atoms with van der Waals surface area (Å²) in [6.45, 7) is 16.5. The smallest absolute Gasteiger partial charge is 0.287 e. The van der Waals surface area contributed by atoms with Crippen molar-refractivity contribution in [2.24, 2.45) is 0 Å². The molecule has 2 heterocycles. The number of hydrogen-bond donors (Lipinski definition) is 1. The second-order valence-electron chi connectivity index (χ2n) is 10.0. The molecule has 3 rings (SSSR count). The van der Waals surface area contributed by atoms with E-state index >= 15 is 0 Å². The number of likely N-dealkylation sites (tertiary alicyclic amines) is 1. The molecule has 0 unspecified atom stereocenters. The highest BCUT2D eigenvalue weighted by Crippen LogP contribution is 2.23. The van der Waals surface area contributed by atoms with Crippen LogP contribution in [0.5, 0.6) is 0 Å². The van der Waals surface area contributed by atoms with E-state index in [0.717, 1.165) is 31.9 Å². The van der Waals surface area contributed by atoms with E-state index in [0.29, 0.717) is 24.9 Å². The summed E-state index contributed by atoms with van der Waals surface area (Å²) in [5.41, 5.74) is 2.79. The molecule has 1 N–H and O–H groups in total. The fourth-order valence-electron chi connectivity index (χ4n) is 3.97. The van der Waals surface area contributed by atoms with E-state index in [9.17, 15) is 4.79 Å². The molecule has 0 radical (unpaired) electrons. The number of hydrogen-bond acceptors (Lipinski definition) is 4. The summed E-state index contributed by atoms with van der Waals surface area (Å²) in [7, 11) is 0. The summed E-state index contributed by atoms with van der Waals surface area (Å²) < 4.78 is 5.88. The number of carbonyl (C=O) groups excluding carboxylic acids is 1. The molecule has 5 nitrogen and oxygen atoms in total. The molecule has 5 heteroatoms. The minimum Gasteiger partial charge on any atom is -0.455 e. The lowest BCUT2D eigenvalue weighted by molar-refractivity contribution is 0.0916. The molecule has 1 fully saturated rings. The SMILES string of the molecule is CC(C)N(Cc1ccc(C(C)(C)C)cc1)Cc1ccc(C(=O)NCCN2CCCC2)o1. The first-order chi connectivity index (χ1) is 14.7. The number of nitrogens with zero attached hydrogens (tertiary/aromatic N) is 2. The van der Waals surface area contributed by atoms with Crippen LogP contribution in [0, 0.1) is 0 Å². The molecule has 1 amide bonds. The Morgan fingerprint density at radius 3 is 2.35 bits per heavy atom. The predicted molar refractivity (Wildman–Crippen MR) is 126 cm³/mol. The Kier molecular flexibility index (Phi) is 7.95. The van der Waals surface area contributed by atoms with Crippen molar-refractivity contribution < 1.29 is 9.21 Å². The first-order valence-electron chi connectivity index (χ1n) is 11.6. The van der Waals surface area contributed by atoms with Crippen molar-refractivity contribution >= 4 is 5.91 Å². The molecule has 1 aliphatic heterocycles. The minimum atomic E-state index is -0.126. The summed E-state index contributed by atoms with van der Waals surface area (Å²) in [6.07, 6.45) is 2.53. The zero-order chi connectivity index (χ0) is 22.4. The molecule has 1 saturated heterocycles. The van der Waals surface area contributed by atoms with Crippen molar-refractivity contribution in [3.05, 3.63) is 59.0 Å². The van der Waals surface area contributed by atoms with Crippen LogP contribution in [-0.2, 0) is 18.5 Å². The van der Waals surface area contributed by atoms with Gasteiger partial charge in [-0.25, -0.2) is 0 Å². The molecule has 31 heavy (non-hydrogen) atoms. The Labute approximate surface area is 187 Å². The van der Waals surface area contributed by atoms with Gasteiger partial charge in [-0.15, -0.1) is 0 Å². The molecule has 2 aromatic rings. The largest absolute Gasteiger partial charge is 0.455 e. The molecule has 1 aromatic heterocycles. The first-order valence-corrected chi connectivity index (χ1v) is 11.6. The van der Waals surface area contributed by atoms with E-state index in [1.54, 1.807) is 6.07 Å². The van der Waals surface area contributed by atoms with Crippen molar-refractivity contribution in [3.63, 3.8) is 0 Å². The Morgan fingerprint density at radius 2 is 1.74 bits per heavy atom. The molecule has 0 spiro atoms. The van der Waals surface area contributed by atoms with Crippen LogP contribution >= 0.6 is 0 Å². The van der Waals surface area contributed by atoms with Crippen LogP contribution in [-0.4, -0.2) is 47.9 Å². The van der Waals surface area contributed by atoms with E-state index in [4.69, 9.17) is 4.42 Å². The van der Waals surface area contributed by atoms with Crippen LogP contribution in [0.2, 0.25) is 0 Å². The Bertz CT molecular complexity index is 827. The third-order valence-corrected chi connectivity index (χ3v) is 6.09.